The molecule has 0 N–H and O–H groups in total. The van der Waals surface area contributed by atoms with Crippen LogP contribution in [0.15, 0.2) is 97.1 Å². The van der Waals surface area contributed by atoms with Gasteiger partial charge in [-0.05, 0) is 54.2 Å². The average molecular weight is 387 g/mol. The molecule has 0 aliphatic carbocycles. The first-order valence-electron chi connectivity index (χ1n) is 8.43. The van der Waals surface area contributed by atoms with E-state index >= 15 is 0 Å². The molecule has 0 bridgehead atoms. The van der Waals surface area contributed by atoms with Gasteiger partial charge in [-0.15, -0.1) is 0 Å². The SMILES string of the molecule is O=C1/C(=C/c2ccc(Sc3cccc4cccnc34)o2)Sc2ccccc21. The molecule has 1 aliphatic heterocycles. The first-order valence-corrected chi connectivity index (χ1v) is 10.1. The van der Waals surface area contributed by atoms with Crippen LogP contribution in [0.25, 0.3) is 17.0 Å². The normalized spacial score (nSPS) is 14.8. The highest BCUT2D eigenvalue weighted by atomic mass is 32.2. The maximum absolute atomic E-state index is 12.5. The number of carbonyl (C=O) groups is 1. The first-order chi connectivity index (χ1) is 13.3. The van der Waals surface area contributed by atoms with Crippen molar-refractivity contribution in [1.82, 2.24) is 4.98 Å². The summed E-state index contributed by atoms with van der Waals surface area (Å²) in [5, 5.41) is 1.87. The molecule has 3 nitrogen and oxygen atoms in total. The van der Waals surface area contributed by atoms with Gasteiger partial charge in [-0.1, -0.05) is 42.1 Å². The maximum Gasteiger partial charge on any atom is 0.200 e. The van der Waals surface area contributed by atoms with Crippen LogP contribution in [0.3, 0.4) is 0 Å². The van der Waals surface area contributed by atoms with E-state index in [0.29, 0.717) is 10.7 Å². The highest BCUT2D eigenvalue weighted by Crippen LogP contribution is 2.41. The molecule has 0 radical (unpaired) electrons. The summed E-state index contributed by atoms with van der Waals surface area (Å²) in [6.07, 6.45) is 3.61. The van der Waals surface area contributed by atoms with E-state index in [0.717, 1.165) is 31.3 Å². The van der Waals surface area contributed by atoms with E-state index < -0.39 is 0 Å². The van der Waals surface area contributed by atoms with Gasteiger partial charge in [0.15, 0.2) is 5.09 Å². The van der Waals surface area contributed by atoms with Crippen LogP contribution < -0.4 is 0 Å². The van der Waals surface area contributed by atoms with Gasteiger partial charge in [-0.25, -0.2) is 0 Å². The number of fused-ring (bicyclic) bond motifs is 2. The second-order valence-corrected chi connectivity index (χ2v) is 8.16. The van der Waals surface area contributed by atoms with Gasteiger partial charge in [0.2, 0.25) is 5.78 Å². The Bertz CT molecular complexity index is 1200. The summed E-state index contributed by atoms with van der Waals surface area (Å²) >= 11 is 3.02. The zero-order valence-corrected chi connectivity index (χ0v) is 15.7. The summed E-state index contributed by atoms with van der Waals surface area (Å²) in [7, 11) is 0. The lowest BCUT2D eigenvalue weighted by atomic mass is 10.1. The number of pyridine rings is 1. The molecular formula is C22H13NO2S2. The predicted molar refractivity (Wildman–Crippen MR) is 109 cm³/mol. The number of rotatable bonds is 3. The molecule has 27 heavy (non-hydrogen) atoms. The average Bonchev–Trinajstić information content (AvgIpc) is 3.27. The number of para-hydroxylation sites is 1. The fourth-order valence-electron chi connectivity index (χ4n) is 3.00. The van der Waals surface area contributed by atoms with Gasteiger partial charge in [-0.2, -0.15) is 0 Å². The third-order valence-corrected chi connectivity index (χ3v) is 6.33. The molecule has 0 atom stereocenters. The van der Waals surface area contributed by atoms with E-state index in [4.69, 9.17) is 4.42 Å². The summed E-state index contributed by atoms with van der Waals surface area (Å²) in [4.78, 5) is 19.7. The first kappa shape index (κ1) is 16.4. The highest BCUT2D eigenvalue weighted by molar-refractivity contribution is 8.04. The van der Waals surface area contributed by atoms with Gasteiger partial charge >= 0.3 is 0 Å². The molecular weight excluding hydrogens is 374 g/mol. The van der Waals surface area contributed by atoms with Gasteiger partial charge in [0, 0.05) is 26.9 Å². The van der Waals surface area contributed by atoms with Crippen LogP contribution in [-0.2, 0) is 0 Å². The lowest BCUT2D eigenvalue weighted by Gasteiger charge is -2.02. The van der Waals surface area contributed by atoms with E-state index in [1.807, 2.05) is 72.8 Å². The summed E-state index contributed by atoms with van der Waals surface area (Å²) in [6, 6.07) is 21.6. The van der Waals surface area contributed by atoms with Crippen molar-refractivity contribution in [1.29, 1.82) is 0 Å². The minimum absolute atomic E-state index is 0.0551. The van der Waals surface area contributed by atoms with Crippen molar-refractivity contribution in [2.75, 3.05) is 0 Å². The number of nitrogens with zero attached hydrogens (tertiary/aromatic N) is 1. The van der Waals surface area contributed by atoms with Crippen molar-refractivity contribution in [3.63, 3.8) is 0 Å². The van der Waals surface area contributed by atoms with Crippen molar-refractivity contribution in [2.24, 2.45) is 0 Å². The molecule has 0 unspecified atom stereocenters. The molecule has 4 aromatic rings. The van der Waals surface area contributed by atoms with Gasteiger partial charge < -0.3 is 4.42 Å². The van der Waals surface area contributed by atoms with Crippen LogP contribution in [0.1, 0.15) is 16.1 Å². The van der Waals surface area contributed by atoms with E-state index in [2.05, 4.69) is 4.98 Å². The lowest BCUT2D eigenvalue weighted by Crippen LogP contribution is -1.93. The van der Waals surface area contributed by atoms with Crippen molar-refractivity contribution >= 4 is 46.3 Å². The smallest absolute Gasteiger partial charge is 0.200 e. The Morgan fingerprint density at radius 3 is 2.78 bits per heavy atom. The van der Waals surface area contributed by atoms with Gasteiger partial charge in [0.1, 0.15) is 5.76 Å². The Labute approximate surface area is 164 Å². The largest absolute Gasteiger partial charge is 0.450 e. The number of allylic oxidation sites excluding steroid dienone is 1. The van der Waals surface area contributed by atoms with E-state index in [1.54, 1.807) is 6.20 Å². The monoisotopic (exact) mass is 387 g/mol. The van der Waals surface area contributed by atoms with E-state index in [9.17, 15) is 4.79 Å². The quantitative estimate of drug-likeness (QED) is 0.385. The van der Waals surface area contributed by atoms with Crippen LogP contribution in [0.4, 0.5) is 0 Å². The molecule has 0 spiro atoms. The zero-order chi connectivity index (χ0) is 18.2. The minimum Gasteiger partial charge on any atom is -0.450 e. The predicted octanol–water partition coefficient (Wildman–Crippen LogP) is 6.31. The van der Waals surface area contributed by atoms with Crippen LogP contribution in [-0.4, -0.2) is 10.8 Å². The van der Waals surface area contributed by atoms with Crippen LogP contribution >= 0.6 is 23.5 Å². The second kappa shape index (κ2) is 6.76. The van der Waals surface area contributed by atoms with Crippen molar-refractivity contribution < 1.29 is 9.21 Å². The molecule has 130 valence electrons. The van der Waals surface area contributed by atoms with Gasteiger partial charge in [0.25, 0.3) is 0 Å². The number of furan rings is 1. The fourth-order valence-corrected chi connectivity index (χ4v) is 4.94. The molecule has 0 saturated heterocycles. The van der Waals surface area contributed by atoms with Crippen molar-refractivity contribution in [3.05, 3.63) is 89.2 Å². The van der Waals surface area contributed by atoms with Crippen molar-refractivity contribution in [2.45, 2.75) is 14.9 Å². The summed E-state index contributed by atoms with van der Waals surface area (Å²) in [5.74, 6) is 0.730. The molecule has 0 amide bonds. The summed E-state index contributed by atoms with van der Waals surface area (Å²) in [5.41, 5.74) is 1.72. The fraction of sp³-hybridized carbons (Fsp3) is 0. The van der Waals surface area contributed by atoms with Crippen LogP contribution in [0, 0.1) is 0 Å². The molecule has 5 heteroatoms. The molecule has 2 aromatic heterocycles. The Morgan fingerprint density at radius 1 is 0.963 bits per heavy atom. The highest BCUT2D eigenvalue weighted by Gasteiger charge is 2.25. The van der Waals surface area contributed by atoms with E-state index in [-0.39, 0.29) is 5.78 Å². The maximum atomic E-state index is 12.5. The molecule has 0 saturated carbocycles. The number of hydrogen-bond acceptors (Lipinski definition) is 5. The molecule has 2 aromatic carbocycles. The second-order valence-electron chi connectivity index (χ2n) is 6.03. The van der Waals surface area contributed by atoms with Gasteiger partial charge in [0.05, 0.1) is 10.4 Å². The third-order valence-electron chi connectivity index (χ3n) is 4.26. The third kappa shape index (κ3) is 3.09. The number of benzene rings is 2. The summed E-state index contributed by atoms with van der Waals surface area (Å²) < 4.78 is 5.94. The van der Waals surface area contributed by atoms with E-state index in [1.165, 1.54) is 23.5 Å². The molecule has 0 fully saturated rings. The number of carbonyl (C=O) groups excluding carboxylic acids is 1. The standard InChI is InChI=1S/C22H13NO2S2/c24-22-16-7-1-2-8-17(16)26-19(22)13-15-10-11-20(25-15)27-18-9-3-5-14-6-4-12-23-21(14)18/h1-13H/b19-13-. The van der Waals surface area contributed by atoms with Crippen molar-refractivity contribution in [3.8, 4) is 0 Å². The molecule has 3 heterocycles. The molecule has 1 aliphatic rings. The topological polar surface area (TPSA) is 43.1 Å². The lowest BCUT2D eigenvalue weighted by molar-refractivity contribution is 0.104. The number of aromatic nitrogens is 1. The number of ketones is 1. The Balaban J connectivity index is 1.42. The molecule has 5 rings (SSSR count). The Morgan fingerprint density at radius 2 is 1.85 bits per heavy atom. The van der Waals surface area contributed by atoms with Gasteiger partial charge in [-0.3, -0.25) is 9.78 Å². The number of Topliss-reactive ketones (excluding diaryl/α,β-unsaturated/α-hetero) is 1. The van der Waals surface area contributed by atoms with Crippen LogP contribution in [0.5, 0.6) is 0 Å². The van der Waals surface area contributed by atoms with Crippen LogP contribution in [0.2, 0.25) is 0 Å². The zero-order valence-electron chi connectivity index (χ0n) is 14.1. The minimum atomic E-state index is 0.0551. The number of thioether (sulfide) groups is 1. The summed E-state index contributed by atoms with van der Waals surface area (Å²) in [6.45, 7) is 0. The Kier molecular flexibility index (Phi) is 4.11. The Hall–Kier alpha value is -2.76. The number of hydrogen-bond donors (Lipinski definition) is 0.